The summed E-state index contributed by atoms with van der Waals surface area (Å²) in [5.74, 6) is 7.38. The third kappa shape index (κ3) is 2.98. The Labute approximate surface area is 106 Å². The zero-order valence-corrected chi connectivity index (χ0v) is 10.2. The second-order valence-electron chi connectivity index (χ2n) is 3.45. The molecular weight excluding hydrogens is 228 g/mol. The molecule has 4 heteroatoms. The van der Waals surface area contributed by atoms with Crippen LogP contribution in [0.2, 0.25) is 0 Å². The van der Waals surface area contributed by atoms with Crippen LogP contribution in [-0.4, -0.2) is 24.2 Å². The molecule has 0 radical (unpaired) electrons. The van der Waals surface area contributed by atoms with Gasteiger partial charge in [0.1, 0.15) is 23.5 Å². The molecule has 4 nitrogen and oxygen atoms in total. The van der Waals surface area contributed by atoms with Crippen molar-refractivity contribution in [2.24, 2.45) is 0 Å². The lowest BCUT2D eigenvalue weighted by atomic mass is 10.2. The molecular formula is C14H12N2O2. The van der Waals surface area contributed by atoms with Gasteiger partial charge in [-0.3, -0.25) is 0 Å². The Morgan fingerprint density at radius 2 is 1.72 bits per heavy atom. The highest BCUT2D eigenvalue weighted by Gasteiger charge is 1.99. The van der Waals surface area contributed by atoms with Gasteiger partial charge in [-0.2, -0.15) is 0 Å². The van der Waals surface area contributed by atoms with Crippen molar-refractivity contribution in [3.8, 4) is 23.3 Å². The van der Waals surface area contributed by atoms with Gasteiger partial charge in [0.15, 0.2) is 0 Å². The van der Waals surface area contributed by atoms with Crippen molar-refractivity contribution < 1.29 is 9.47 Å². The molecule has 0 bridgehead atoms. The quantitative estimate of drug-likeness (QED) is 0.752. The van der Waals surface area contributed by atoms with E-state index < -0.39 is 0 Å². The summed E-state index contributed by atoms with van der Waals surface area (Å²) in [7, 11) is 3.22. The Kier molecular flexibility index (Phi) is 3.77. The van der Waals surface area contributed by atoms with Gasteiger partial charge in [0, 0.05) is 17.8 Å². The van der Waals surface area contributed by atoms with E-state index in [2.05, 4.69) is 21.8 Å². The topological polar surface area (TPSA) is 44.2 Å². The van der Waals surface area contributed by atoms with Crippen LogP contribution in [0.25, 0.3) is 0 Å². The molecule has 1 heterocycles. The van der Waals surface area contributed by atoms with Crippen LogP contribution in [0.3, 0.4) is 0 Å². The van der Waals surface area contributed by atoms with Crippen LogP contribution >= 0.6 is 0 Å². The van der Waals surface area contributed by atoms with E-state index in [9.17, 15) is 0 Å². The molecule has 0 unspecified atom stereocenters. The van der Waals surface area contributed by atoms with E-state index in [4.69, 9.17) is 9.47 Å². The standard InChI is InChI=1S/C14H12N2O2/c1-17-13-7-11(8-14(9-13)18-2)3-4-12-5-6-15-10-16-12/h5-10H,1-2H3. The Hall–Kier alpha value is -2.54. The van der Waals surface area contributed by atoms with Gasteiger partial charge in [-0.05, 0) is 24.1 Å². The number of rotatable bonds is 2. The summed E-state index contributed by atoms with van der Waals surface area (Å²) < 4.78 is 10.4. The van der Waals surface area contributed by atoms with E-state index >= 15 is 0 Å². The Bertz CT molecular complexity index is 563. The summed E-state index contributed by atoms with van der Waals surface area (Å²) in [6, 6.07) is 7.24. The second kappa shape index (κ2) is 5.69. The Morgan fingerprint density at radius 3 is 2.28 bits per heavy atom. The van der Waals surface area contributed by atoms with E-state index in [1.807, 2.05) is 12.1 Å². The van der Waals surface area contributed by atoms with Crippen LogP contribution < -0.4 is 9.47 Å². The average Bonchev–Trinajstić information content (AvgIpc) is 2.45. The number of aromatic nitrogens is 2. The molecule has 0 spiro atoms. The monoisotopic (exact) mass is 240 g/mol. The van der Waals surface area contributed by atoms with Gasteiger partial charge in [-0.15, -0.1) is 0 Å². The van der Waals surface area contributed by atoms with Gasteiger partial charge in [0.05, 0.1) is 14.2 Å². The van der Waals surface area contributed by atoms with Crippen molar-refractivity contribution in [1.82, 2.24) is 9.97 Å². The molecule has 0 atom stereocenters. The van der Waals surface area contributed by atoms with Crippen LogP contribution in [0.15, 0.2) is 36.8 Å². The van der Waals surface area contributed by atoms with Gasteiger partial charge in [0.25, 0.3) is 0 Å². The molecule has 0 amide bonds. The molecule has 2 aromatic rings. The highest BCUT2D eigenvalue weighted by Crippen LogP contribution is 2.21. The minimum absolute atomic E-state index is 0.673. The molecule has 2 rings (SSSR count). The first kappa shape index (κ1) is 11.9. The fraction of sp³-hybridized carbons (Fsp3) is 0.143. The summed E-state index contributed by atoms with van der Waals surface area (Å²) in [5, 5.41) is 0. The highest BCUT2D eigenvalue weighted by atomic mass is 16.5. The van der Waals surface area contributed by atoms with E-state index in [0.29, 0.717) is 17.2 Å². The molecule has 0 saturated carbocycles. The van der Waals surface area contributed by atoms with Gasteiger partial charge in [-0.25, -0.2) is 9.97 Å². The number of benzene rings is 1. The lowest BCUT2D eigenvalue weighted by Crippen LogP contribution is -1.89. The van der Waals surface area contributed by atoms with Crippen LogP contribution in [0.5, 0.6) is 11.5 Å². The van der Waals surface area contributed by atoms with Gasteiger partial charge in [0.2, 0.25) is 0 Å². The predicted octanol–water partition coefficient (Wildman–Crippen LogP) is 1.89. The van der Waals surface area contributed by atoms with Crippen molar-refractivity contribution >= 4 is 0 Å². The maximum atomic E-state index is 5.18. The van der Waals surface area contributed by atoms with Crippen molar-refractivity contribution in [3.63, 3.8) is 0 Å². The minimum atomic E-state index is 0.673. The molecule has 0 aliphatic heterocycles. The van der Waals surface area contributed by atoms with E-state index in [-0.39, 0.29) is 0 Å². The first-order chi connectivity index (χ1) is 8.81. The Morgan fingerprint density at radius 1 is 1.00 bits per heavy atom. The molecule has 90 valence electrons. The molecule has 0 fully saturated rings. The van der Waals surface area contributed by atoms with Gasteiger partial charge >= 0.3 is 0 Å². The third-order valence-electron chi connectivity index (χ3n) is 2.27. The second-order valence-corrected chi connectivity index (χ2v) is 3.45. The fourth-order valence-electron chi connectivity index (χ4n) is 1.38. The first-order valence-electron chi connectivity index (χ1n) is 5.33. The number of hydrogen-bond acceptors (Lipinski definition) is 4. The highest BCUT2D eigenvalue weighted by molar-refractivity contribution is 5.47. The molecule has 0 saturated heterocycles. The van der Waals surface area contributed by atoms with Crippen LogP contribution in [0.1, 0.15) is 11.3 Å². The summed E-state index contributed by atoms with van der Waals surface area (Å²) in [6.45, 7) is 0. The molecule has 0 N–H and O–H groups in total. The van der Waals surface area contributed by atoms with Crippen molar-refractivity contribution in [2.75, 3.05) is 14.2 Å². The predicted molar refractivity (Wildman–Crippen MR) is 67.6 cm³/mol. The summed E-state index contributed by atoms with van der Waals surface area (Å²) in [6.07, 6.45) is 3.12. The van der Waals surface area contributed by atoms with Crippen molar-refractivity contribution in [1.29, 1.82) is 0 Å². The first-order valence-corrected chi connectivity index (χ1v) is 5.33. The zero-order chi connectivity index (χ0) is 12.8. The SMILES string of the molecule is COc1cc(C#Cc2ccncn2)cc(OC)c1. The van der Waals surface area contributed by atoms with Gasteiger partial charge < -0.3 is 9.47 Å². The molecule has 1 aromatic carbocycles. The maximum absolute atomic E-state index is 5.18. The third-order valence-corrected chi connectivity index (χ3v) is 2.27. The smallest absolute Gasteiger partial charge is 0.123 e. The molecule has 1 aromatic heterocycles. The van der Waals surface area contributed by atoms with E-state index in [1.54, 1.807) is 32.5 Å². The number of methoxy groups -OCH3 is 2. The molecule has 18 heavy (non-hydrogen) atoms. The van der Waals surface area contributed by atoms with Gasteiger partial charge in [-0.1, -0.05) is 5.92 Å². The van der Waals surface area contributed by atoms with Crippen LogP contribution in [-0.2, 0) is 0 Å². The van der Waals surface area contributed by atoms with Crippen LogP contribution in [0.4, 0.5) is 0 Å². The summed E-state index contributed by atoms with van der Waals surface area (Å²) in [4.78, 5) is 7.87. The lowest BCUT2D eigenvalue weighted by Gasteiger charge is -2.04. The number of nitrogens with zero attached hydrogens (tertiary/aromatic N) is 2. The zero-order valence-electron chi connectivity index (χ0n) is 10.2. The minimum Gasteiger partial charge on any atom is -0.497 e. The van der Waals surface area contributed by atoms with Crippen molar-refractivity contribution in [3.05, 3.63) is 48.0 Å². The normalized spacial score (nSPS) is 9.22. The van der Waals surface area contributed by atoms with Crippen molar-refractivity contribution in [2.45, 2.75) is 0 Å². The van der Waals surface area contributed by atoms with E-state index in [1.165, 1.54) is 6.33 Å². The average molecular weight is 240 g/mol. The van der Waals surface area contributed by atoms with E-state index in [0.717, 1.165) is 5.56 Å². The maximum Gasteiger partial charge on any atom is 0.123 e. The largest absolute Gasteiger partial charge is 0.497 e. The fourth-order valence-corrected chi connectivity index (χ4v) is 1.38. The molecule has 0 aliphatic carbocycles. The summed E-state index contributed by atoms with van der Waals surface area (Å²) >= 11 is 0. The number of hydrogen-bond donors (Lipinski definition) is 0. The number of ether oxygens (including phenoxy) is 2. The Balaban J connectivity index is 2.32. The molecule has 0 aliphatic rings. The summed E-state index contributed by atoms with van der Waals surface area (Å²) in [5.41, 5.74) is 1.48. The lowest BCUT2D eigenvalue weighted by molar-refractivity contribution is 0.394. The van der Waals surface area contributed by atoms with Crippen LogP contribution in [0, 0.1) is 11.8 Å².